The summed E-state index contributed by atoms with van der Waals surface area (Å²) in [5.74, 6) is 6.54. The van der Waals surface area contributed by atoms with E-state index in [4.69, 9.17) is 0 Å². The molecule has 0 amide bonds. The highest BCUT2D eigenvalue weighted by Crippen LogP contribution is 2.51. The maximum Gasteiger partial charge on any atom is -0.0355 e. The third kappa shape index (κ3) is 2.88. The average Bonchev–Trinajstić information content (AvgIpc) is 2.95. The van der Waals surface area contributed by atoms with Crippen LogP contribution in [0.1, 0.15) is 84.5 Å². The standard InChI is InChI=1S/C19H34/c1-3-15-10-12-16(13-11-15)14(2)18-8-4-6-17-7-5-9-19(17)18/h14-19H,3-13H2,1-2H3. The Hall–Kier alpha value is 0. The zero-order valence-electron chi connectivity index (χ0n) is 13.2. The van der Waals surface area contributed by atoms with Crippen LogP contribution in [0.15, 0.2) is 0 Å². The van der Waals surface area contributed by atoms with Crippen molar-refractivity contribution in [3.8, 4) is 0 Å². The first-order chi connectivity index (χ1) is 9.29. The molecule has 3 rings (SSSR count). The van der Waals surface area contributed by atoms with Crippen molar-refractivity contribution in [3.05, 3.63) is 0 Å². The number of rotatable bonds is 3. The Balaban J connectivity index is 1.58. The Morgan fingerprint density at radius 3 is 2.21 bits per heavy atom. The molecule has 0 aliphatic heterocycles. The normalized spacial score (nSPS) is 44.8. The van der Waals surface area contributed by atoms with Crippen molar-refractivity contribution in [1.29, 1.82) is 0 Å². The van der Waals surface area contributed by atoms with Gasteiger partial charge in [0.25, 0.3) is 0 Å². The van der Waals surface area contributed by atoms with Crippen molar-refractivity contribution in [3.63, 3.8) is 0 Å². The second kappa shape index (κ2) is 6.19. The van der Waals surface area contributed by atoms with Gasteiger partial charge in [0, 0.05) is 0 Å². The molecule has 0 nitrogen and oxygen atoms in total. The van der Waals surface area contributed by atoms with E-state index < -0.39 is 0 Å². The molecule has 4 unspecified atom stereocenters. The fourth-order valence-corrected chi connectivity index (χ4v) is 5.94. The van der Waals surface area contributed by atoms with E-state index in [1.54, 1.807) is 51.4 Å². The molecule has 0 heteroatoms. The molecule has 110 valence electrons. The van der Waals surface area contributed by atoms with Crippen molar-refractivity contribution in [1.82, 2.24) is 0 Å². The molecule has 3 fully saturated rings. The van der Waals surface area contributed by atoms with Crippen LogP contribution in [0.5, 0.6) is 0 Å². The lowest BCUT2D eigenvalue weighted by Crippen LogP contribution is -2.34. The molecule has 4 atom stereocenters. The van der Waals surface area contributed by atoms with Gasteiger partial charge in [-0.2, -0.15) is 0 Å². The number of fused-ring (bicyclic) bond motifs is 1. The Bertz CT molecular complexity index is 274. The van der Waals surface area contributed by atoms with Crippen LogP contribution in [0.2, 0.25) is 0 Å². The van der Waals surface area contributed by atoms with E-state index in [0.717, 1.165) is 35.5 Å². The van der Waals surface area contributed by atoms with Crippen molar-refractivity contribution in [2.75, 3.05) is 0 Å². The molecule has 0 saturated heterocycles. The van der Waals surface area contributed by atoms with Crippen LogP contribution in [0.25, 0.3) is 0 Å². The smallest absolute Gasteiger partial charge is 0.0355 e. The topological polar surface area (TPSA) is 0 Å². The Kier molecular flexibility index (Phi) is 4.54. The molecular formula is C19H34. The fourth-order valence-electron chi connectivity index (χ4n) is 5.94. The van der Waals surface area contributed by atoms with Gasteiger partial charge >= 0.3 is 0 Å². The molecule has 0 radical (unpaired) electrons. The van der Waals surface area contributed by atoms with Gasteiger partial charge in [-0.05, 0) is 61.2 Å². The van der Waals surface area contributed by atoms with E-state index in [2.05, 4.69) is 13.8 Å². The first-order valence-corrected chi connectivity index (χ1v) is 9.29. The Morgan fingerprint density at radius 1 is 0.842 bits per heavy atom. The maximum atomic E-state index is 2.63. The molecule has 3 aliphatic rings. The maximum absolute atomic E-state index is 2.63. The SMILES string of the molecule is CCC1CCC(C(C)C2CCCC3CCCC32)CC1. The van der Waals surface area contributed by atoms with E-state index in [1.165, 1.54) is 19.3 Å². The first-order valence-electron chi connectivity index (χ1n) is 9.29. The van der Waals surface area contributed by atoms with Gasteiger partial charge < -0.3 is 0 Å². The van der Waals surface area contributed by atoms with E-state index in [1.807, 2.05) is 0 Å². The number of hydrogen-bond donors (Lipinski definition) is 0. The quantitative estimate of drug-likeness (QED) is 0.580. The van der Waals surface area contributed by atoms with Gasteiger partial charge in [0.05, 0.1) is 0 Å². The third-order valence-corrected chi connectivity index (χ3v) is 7.27. The Morgan fingerprint density at radius 2 is 1.53 bits per heavy atom. The van der Waals surface area contributed by atoms with Crippen LogP contribution in [0, 0.1) is 35.5 Å². The van der Waals surface area contributed by atoms with Gasteiger partial charge in [0.15, 0.2) is 0 Å². The lowest BCUT2D eigenvalue weighted by Gasteiger charge is -2.42. The van der Waals surface area contributed by atoms with E-state index in [0.29, 0.717) is 0 Å². The van der Waals surface area contributed by atoms with E-state index in [9.17, 15) is 0 Å². The summed E-state index contributed by atoms with van der Waals surface area (Å²) in [5, 5.41) is 0. The summed E-state index contributed by atoms with van der Waals surface area (Å²) in [5.41, 5.74) is 0. The highest BCUT2D eigenvalue weighted by molar-refractivity contribution is 4.91. The molecule has 0 spiro atoms. The zero-order chi connectivity index (χ0) is 13.2. The largest absolute Gasteiger partial charge is 0.0651 e. The Labute approximate surface area is 120 Å². The third-order valence-electron chi connectivity index (χ3n) is 7.27. The summed E-state index contributed by atoms with van der Waals surface area (Å²) < 4.78 is 0. The summed E-state index contributed by atoms with van der Waals surface area (Å²) in [7, 11) is 0. The summed E-state index contributed by atoms with van der Waals surface area (Å²) in [4.78, 5) is 0. The molecule has 3 saturated carbocycles. The second-order valence-corrected chi connectivity index (χ2v) is 8.00. The minimum absolute atomic E-state index is 1.03. The highest BCUT2D eigenvalue weighted by Gasteiger charge is 2.41. The second-order valence-electron chi connectivity index (χ2n) is 8.00. The molecule has 19 heavy (non-hydrogen) atoms. The average molecular weight is 262 g/mol. The molecule has 0 N–H and O–H groups in total. The van der Waals surface area contributed by atoms with Crippen molar-refractivity contribution in [2.45, 2.75) is 84.5 Å². The molecule has 0 aromatic rings. The minimum Gasteiger partial charge on any atom is -0.0651 e. The molecule has 0 bridgehead atoms. The summed E-state index contributed by atoms with van der Waals surface area (Å²) in [6.45, 7) is 5.01. The minimum atomic E-state index is 1.03. The van der Waals surface area contributed by atoms with Crippen LogP contribution in [0.3, 0.4) is 0 Å². The molecular weight excluding hydrogens is 228 g/mol. The predicted octanol–water partition coefficient (Wildman–Crippen LogP) is 6.06. The lowest BCUT2D eigenvalue weighted by atomic mass is 9.63. The van der Waals surface area contributed by atoms with Gasteiger partial charge in [-0.3, -0.25) is 0 Å². The van der Waals surface area contributed by atoms with Crippen molar-refractivity contribution >= 4 is 0 Å². The number of hydrogen-bond acceptors (Lipinski definition) is 0. The van der Waals surface area contributed by atoms with Crippen LogP contribution in [-0.2, 0) is 0 Å². The monoisotopic (exact) mass is 262 g/mol. The van der Waals surface area contributed by atoms with Crippen LogP contribution >= 0.6 is 0 Å². The highest BCUT2D eigenvalue weighted by atomic mass is 14.5. The lowest BCUT2D eigenvalue weighted by molar-refractivity contribution is 0.0744. The molecule has 0 heterocycles. The van der Waals surface area contributed by atoms with Gasteiger partial charge in [-0.25, -0.2) is 0 Å². The van der Waals surface area contributed by atoms with Crippen LogP contribution in [0.4, 0.5) is 0 Å². The van der Waals surface area contributed by atoms with E-state index in [-0.39, 0.29) is 0 Å². The summed E-state index contributed by atoms with van der Waals surface area (Å²) in [6.07, 6.45) is 16.9. The fraction of sp³-hybridized carbons (Fsp3) is 1.00. The van der Waals surface area contributed by atoms with Crippen LogP contribution < -0.4 is 0 Å². The predicted molar refractivity (Wildman–Crippen MR) is 83.1 cm³/mol. The molecule has 3 aliphatic carbocycles. The zero-order valence-corrected chi connectivity index (χ0v) is 13.2. The van der Waals surface area contributed by atoms with Gasteiger partial charge in [-0.15, -0.1) is 0 Å². The summed E-state index contributed by atoms with van der Waals surface area (Å²) >= 11 is 0. The van der Waals surface area contributed by atoms with Crippen LogP contribution in [-0.4, -0.2) is 0 Å². The molecule has 0 aromatic carbocycles. The van der Waals surface area contributed by atoms with Gasteiger partial charge in [0.2, 0.25) is 0 Å². The van der Waals surface area contributed by atoms with E-state index >= 15 is 0 Å². The van der Waals surface area contributed by atoms with Gasteiger partial charge in [0.1, 0.15) is 0 Å². The first kappa shape index (κ1) is 14.0. The van der Waals surface area contributed by atoms with Crippen molar-refractivity contribution < 1.29 is 0 Å². The van der Waals surface area contributed by atoms with Gasteiger partial charge in [-0.1, -0.05) is 58.8 Å². The van der Waals surface area contributed by atoms with Crippen molar-refractivity contribution in [2.24, 2.45) is 35.5 Å². The summed E-state index contributed by atoms with van der Waals surface area (Å²) in [6, 6.07) is 0. The molecule has 0 aromatic heterocycles.